The van der Waals surface area contributed by atoms with E-state index in [1.807, 2.05) is 13.8 Å². The second-order valence-corrected chi connectivity index (χ2v) is 8.53. The van der Waals surface area contributed by atoms with Crippen molar-refractivity contribution in [3.8, 4) is 11.8 Å². The first-order valence-electron chi connectivity index (χ1n) is 11.0. The number of amides is 1. The van der Waals surface area contributed by atoms with Crippen LogP contribution in [0.25, 0.3) is 11.6 Å². The van der Waals surface area contributed by atoms with Crippen LogP contribution in [0.15, 0.2) is 48.0 Å². The first-order chi connectivity index (χ1) is 15.2. The van der Waals surface area contributed by atoms with Crippen molar-refractivity contribution in [2.75, 3.05) is 23.4 Å². The Morgan fingerprint density at radius 1 is 1.19 bits per heavy atom. The maximum atomic E-state index is 12.8. The maximum Gasteiger partial charge on any atom is 0.266 e. The van der Waals surface area contributed by atoms with E-state index in [9.17, 15) is 10.1 Å². The number of allylic oxidation sites excluding steroid dienone is 1. The molecule has 0 aliphatic carbocycles. The molecule has 0 bridgehead atoms. The summed E-state index contributed by atoms with van der Waals surface area (Å²) >= 11 is 0. The van der Waals surface area contributed by atoms with Gasteiger partial charge in [-0.3, -0.25) is 4.79 Å². The summed E-state index contributed by atoms with van der Waals surface area (Å²) in [4.78, 5) is 15.1. The zero-order valence-electron chi connectivity index (χ0n) is 19.7. The lowest BCUT2D eigenvalue weighted by Gasteiger charge is -2.43. The number of nitrogens with zero attached hydrogens (tertiary/aromatic N) is 2. The summed E-state index contributed by atoms with van der Waals surface area (Å²) < 4.78 is 5.42. The zero-order chi connectivity index (χ0) is 23.5. The molecule has 0 spiro atoms. The Morgan fingerprint density at radius 3 is 2.47 bits per heavy atom. The van der Waals surface area contributed by atoms with E-state index in [4.69, 9.17) is 4.74 Å². The number of carbonyl (C=O) groups excluding carboxylic acids is 1. The number of nitriles is 1. The monoisotopic (exact) mass is 429 g/mol. The van der Waals surface area contributed by atoms with Crippen LogP contribution in [0, 0.1) is 18.3 Å². The SMILES string of the molecule is CCOc1ccc(NC(=O)/C(C#N)=C/c2cc3c(cc2C)N(CC)C(C)(C)C=C3C)cc1. The van der Waals surface area contributed by atoms with Gasteiger partial charge in [-0.1, -0.05) is 6.08 Å². The predicted molar refractivity (Wildman–Crippen MR) is 132 cm³/mol. The molecule has 2 aromatic rings. The summed E-state index contributed by atoms with van der Waals surface area (Å²) in [7, 11) is 0. The molecule has 1 N–H and O–H groups in total. The number of nitrogens with one attached hydrogen (secondary N) is 1. The van der Waals surface area contributed by atoms with Crippen LogP contribution >= 0.6 is 0 Å². The summed E-state index contributed by atoms with van der Waals surface area (Å²) in [5.41, 5.74) is 6.01. The Bertz CT molecular complexity index is 1120. The second-order valence-electron chi connectivity index (χ2n) is 8.53. The number of ether oxygens (including phenoxy) is 1. The molecule has 1 aliphatic heterocycles. The summed E-state index contributed by atoms with van der Waals surface area (Å²) in [5, 5.41) is 12.5. The van der Waals surface area contributed by atoms with Crippen LogP contribution in [0.3, 0.4) is 0 Å². The van der Waals surface area contributed by atoms with Crippen LogP contribution in [-0.4, -0.2) is 24.6 Å². The molecule has 0 unspecified atom stereocenters. The van der Waals surface area contributed by atoms with Crippen molar-refractivity contribution in [2.24, 2.45) is 0 Å². The number of carbonyl (C=O) groups is 1. The highest BCUT2D eigenvalue weighted by Crippen LogP contribution is 2.40. The van der Waals surface area contributed by atoms with Gasteiger partial charge in [-0.05, 0) is 101 Å². The Morgan fingerprint density at radius 2 is 1.88 bits per heavy atom. The van der Waals surface area contributed by atoms with Gasteiger partial charge in [0.1, 0.15) is 17.4 Å². The lowest BCUT2D eigenvalue weighted by atomic mass is 9.86. The predicted octanol–water partition coefficient (Wildman–Crippen LogP) is 5.96. The van der Waals surface area contributed by atoms with Crippen molar-refractivity contribution in [1.82, 2.24) is 0 Å². The highest BCUT2D eigenvalue weighted by atomic mass is 16.5. The Balaban J connectivity index is 1.91. The minimum atomic E-state index is -0.433. The molecule has 5 nitrogen and oxygen atoms in total. The molecule has 1 amide bonds. The minimum absolute atomic E-state index is 0.0621. The summed E-state index contributed by atoms with van der Waals surface area (Å²) in [6.45, 7) is 14.1. The third kappa shape index (κ3) is 4.70. The number of rotatable bonds is 6. The van der Waals surface area contributed by atoms with E-state index >= 15 is 0 Å². The standard InChI is InChI=1S/C27H31N3O2/c1-7-30-25-13-18(3)20(15-24(25)19(4)16-27(30,5)6)14-21(17-28)26(31)29-22-9-11-23(12-10-22)32-8-2/h9-16H,7-8H2,1-6H3,(H,29,31)/b21-14+. The molecule has 166 valence electrons. The maximum absolute atomic E-state index is 12.8. The quantitative estimate of drug-likeness (QED) is 0.454. The number of fused-ring (bicyclic) bond motifs is 1. The van der Waals surface area contributed by atoms with Gasteiger partial charge < -0.3 is 15.0 Å². The van der Waals surface area contributed by atoms with Crippen molar-refractivity contribution in [3.05, 3.63) is 64.7 Å². The van der Waals surface area contributed by atoms with Crippen LogP contribution < -0.4 is 15.0 Å². The Hall–Kier alpha value is -3.52. The summed E-state index contributed by atoms with van der Waals surface area (Å²) in [6.07, 6.45) is 3.94. The molecule has 0 fully saturated rings. The van der Waals surface area contributed by atoms with Crippen LogP contribution in [0.1, 0.15) is 51.3 Å². The lowest BCUT2D eigenvalue weighted by Crippen LogP contribution is -2.44. The van der Waals surface area contributed by atoms with Crippen molar-refractivity contribution in [2.45, 2.75) is 47.1 Å². The molecule has 1 aliphatic rings. The topological polar surface area (TPSA) is 65.4 Å². The van der Waals surface area contributed by atoms with E-state index in [-0.39, 0.29) is 11.1 Å². The van der Waals surface area contributed by atoms with Crippen LogP contribution in [0.4, 0.5) is 11.4 Å². The third-order valence-electron chi connectivity index (χ3n) is 5.77. The van der Waals surface area contributed by atoms with Gasteiger partial charge in [0.15, 0.2) is 0 Å². The van der Waals surface area contributed by atoms with Crippen LogP contribution in [0.5, 0.6) is 5.75 Å². The Kier molecular flexibility index (Phi) is 6.74. The molecular formula is C27H31N3O2. The van der Waals surface area contributed by atoms with E-state index in [1.54, 1.807) is 30.3 Å². The second kappa shape index (κ2) is 9.32. The van der Waals surface area contributed by atoms with Crippen molar-refractivity contribution < 1.29 is 9.53 Å². The minimum Gasteiger partial charge on any atom is -0.494 e. The third-order valence-corrected chi connectivity index (χ3v) is 5.77. The van der Waals surface area contributed by atoms with Gasteiger partial charge in [-0.25, -0.2) is 0 Å². The summed E-state index contributed by atoms with van der Waals surface area (Å²) in [5.74, 6) is 0.302. The summed E-state index contributed by atoms with van der Waals surface area (Å²) in [6, 6.07) is 13.4. The average Bonchev–Trinajstić information content (AvgIpc) is 2.73. The van der Waals surface area contributed by atoms with Crippen molar-refractivity contribution >= 4 is 28.9 Å². The van der Waals surface area contributed by atoms with E-state index < -0.39 is 5.91 Å². The molecule has 5 heteroatoms. The lowest BCUT2D eigenvalue weighted by molar-refractivity contribution is -0.112. The number of likely N-dealkylation sites (N-methyl/N-ethyl adjacent to an activating group) is 1. The van der Waals surface area contributed by atoms with E-state index in [0.717, 1.165) is 29.0 Å². The first kappa shape index (κ1) is 23.1. The molecule has 0 saturated carbocycles. The van der Waals surface area contributed by atoms with Gasteiger partial charge in [0.25, 0.3) is 5.91 Å². The fraction of sp³-hybridized carbons (Fsp3) is 0.333. The first-order valence-corrected chi connectivity index (χ1v) is 11.0. The molecule has 2 aromatic carbocycles. The van der Waals surface area contributed by atoms with Gasteiger partial charge in [0.2, 0.25) is 0 Å². The average molecular weight is 430 g/mol. The molecule has 0 saturated heterocycles. The van der Waals surface area contributed by atoms with E-state index in [2.05, 4.69) is 62.2 Å². The smallest absolute Gasteiger partial charge is 0.266 e. The highest BCUT2D eigenvalue weighted by molar-refractivity contribution is 6.09. The van der Waals surface area contributed by atoms with E-state index in [1.165, 1.54) is 11.3 Å². The zero-order valence-corrected chi connectivity index (χ0v) is 19.7. The fourth-order valence-corrected chi connectivity index (χ4v) is 4.28. The number of benzene rings is 2. The van der Waals surface area contributed by atoms with Gasteiger partial charge in [-0.2, -0.15) is 5.26 Å². The number of anilines is 2. The highest BCUT2D eigenvalue weighted by Gasteiger charge is 2.30. The van der Waals surface area contributed by atoms with Crippen LogP contribution in [-0.2, 0) is 4.79 Å². The van der Waals surface area contributed by atoms with Gasteiger partial charge in [-0.15, -0.1) is 0 Å². The van der Waals surface area contributed by atoms with Gasteiger partial charge >= 0.3 is 0 Å². The molecular weight excluding hydrogens is 398 g/mol. The number of hydrogen-bond donors (Lipinski definition) is 1. The molecule has 0 aromatic heterocycles. The van der Waals surface area contributed by atoms with Gasteiger partial charge in [0.05, 0.1) is 12.1 Å². The number of hydrogen-bond acceptors (Lipinski definition) is 4. The molecule has 32 heavy (non-hydrogen) atoms. The largest absolute Gasteiger partial charge is 0.494 e. The molecule has 1 heterocycles. The molecule has 0 radical (unpaired) electrons. The fourth-order valence-electron chi connectivity index (χ4n) is 4.28. The van der Waals surface area contributed by atoms with E-state index in [0.29, 0.717) is 12.3 Å². The van der Waals surface area contributed by atoms with Gasteiger partial charge in [0, 0.05) is 23.5 Å². The van der Waals surface area contributed by atoms with Crippen molar-refractivity contribution in [1.29, 1.82) is 5.26 Å². The molecule has 3 rings (SSSR count). The van der Waals surface area contributed by atoms with Crippen molar-refractivity contribution in [3.63, 3.8) is 0 Å². The normalized spacial score (nSPS) is 14.8. The number of aryl methyl sites for hydroxylation is 1. The van der Waals surface area contributed by atoms with Crippen LogP contribution in [0.2, 0.25) is 0 Å². The Labute approximate surface area is 191 Å². The molecule has 0 atom stereocenters.